The highest BCUT2D eigenvalue weighted by Gasteiger charge is 2.21. The monoisotopic (exact) mass is 278 g/mol. The number of benzene rings is 1. The van der Waals surface area contributed by atoms with Crippen molar-refractivity contribution in [3.8, 4) is 0 Å². The molecule has 1 saturated carbocycles. The summed E-state index contributed by atoms with van der Waals surface area (Å²) in [5.74, 6) is -0.208. The van der Waals surface area contributed by atoms with E-state index in [9.17, 15) is 4.39 Å². The van der Waals surface area contributed by atoms with Gasteiger partial charge in [-0.1, -0.05) is 0 Å². The van der Waals surface area contributed by atoms with Gasteiger partial charge in [0.25, 0.3) is 5.22 Å². The topological polar surface area (TPSA) is 38.1 Å². The van der Waals surface area contributed by atoms with Gasteiger partial charge in [-0.2, -0.15) is 0 Å². The molecule has 0 aliphatic heterocycles. The second-order valence-corrected chi connectivity index (χ2v) is 5.76. The second kappa shape index (κ2) is 5.35. The maximum Gasteiger partial charge on any atom is 0.260 e. The van der Waals surface area contributed by atoms with Gasteiger partial charge in [-0.3, -0.25) is 0 Å². The van der Waals surface area contributed by atoms with Gasteiger partial charge in [0.1, 0.15) is 12.1 Å². The molecule has 100 valence electrons. The molecule has 0 bridgehead atoms. The quantitative estimate of drug-likeness (QED) is 0.908. The summed E-state index contributed by atoms with van der Waals surface area (Å²) in [6.07, 6.45) is 4.06. The van der Waals surface area contributed by atoms with Crippen molar-refractivity contribution in [3.63, 3.8) is 0 Å². The van der Waals surface area contributed by atoms with E-state index in [4.69, 9.17) is 4.42 Å². The number of aryl methyl sites for hydroxylation is 1. The minimum atomic E-state index is -0.208. The number of aromatic nitrogens is 1. The van der Waals surface area contributed by atoms with Gasteiger partial charge in [-0.05, 0) is 55.3 Å². The standard InChI is InChI=1S/C14H15FN2OS/c1-9-8-18-14(17-9)19-13-5-2-11(15)6-10(13)7-16-12-3-4-12/h2,5-6,8,12,16H,3-4,7H2,1H3. The first-order valence-electron chi connectivity index (χ1n) is 6.32. The predicted molar refractivity (Wildman–Crippen MR) is 71.6 cm³/mol. The highest BCUT2D eigenvalue weighted by atomic mass is 32.2. The van der Waals surface area contributed by atoms with E-state index >= 15 is 0 Å². The smallest absolute Gasteiger partial charge is 0.260 e. The van der Waals surface area contributed by atoms with E-state index in [1.165, 1.54) is 30.7 Å². The Hall–Kier alpha value is -1.33. The molecule has 2 aromatic rings. The molecule has 19 heavy (non-hydrogen) atoms. The molecule has 5 heteroatoms. The van der Waals surface area contributed by atoms with Crippen molar-refractivity contribution in [1.82, 2.24) is 10.3 Å². The first-order chi connectivity index (χ1) is 9.20. The molecule has 0 unspecified atom stereocenters. The Morgan fingerprint density at radius 3 is 3.00 bits per heavy atom. The zero-order valence-electron chi connectivity index (χ0n) is 10.6. The molecule has 1 heterocycles. The summed E-state index contributed by atoms with van der Waals surface area (Å²) in [7, 11) is 0. The lowest BCUT2D eigenvalue weighted by Crippen LogP contribution is -2.15. The zero-order chi connectivity index (χ0) is 13.2. The Labute approximate surface area is 115 Å². The third-order valence-corrected chi connectivity index (χ3v) is 3.96. The van der Waals surface area contributed by atoms with Crippen molar-refractivity contribution in [2.45, 2.75) is 42.5 Å². The zero-order valence-corrected chi connectivity index (χ0v) is 11.5. The number of hydrogen-bond donors (Lipinski definition) is 1. The van der Waals surface area contributed by atoms with Crippen LogP contribution in [0.15, 0.2) is 39.0 Å². The summed E-state index contributed by atoms with van der Waals surface area (Å²) in [6.45, 7) is 2.57. The molecule has 1 fully saturated rings. The third-order valence-electron chi connectivity index (χ3n) is 2.98. The van der Waals surface area contributed by atoms with Crippen LogP contribution in [0.25, 0.3) is 0 Å². The van der Waals surface area contributed by atoms with Gasteiger partial charge >= 0.3 is 0 Å². The molecule has 1 aliphatic rings. The maximum atomic E-state index is 13.4. The van der Waals surface area contributed by atoms with Crippen LogP contribution in [0.5, 0.6) is 0 Å². The van der Waals surface area contributed by atoms with Gasteiger partial charge < -0.3 is 9.73 Å². The SMILES string of the molecule is Cc1coc(Sc2ccc(F)cc2CNC2CC2)n1. The molecule has 0 atom stereocenters. The summed E-state index contributed by atoms with van der Waals surface area (Å²) in [5.41, 5.74) is 1.80. The van der Waals surface area contributed by atoms with Crippen LogP contribution in [0.1, 0.15) is 24.1 Å². The van der Waals surface area contributed by atoms with E-state index < -0.39 is 0 Å². The van der Waals surface area contributed by atoms with E-state index in [1.54, 1.807) is 18.4 Å². The van der Waals surface area contributed by atoms with Crippen molar-refractivity contribution in [2.24, 2.45) is 0 Å². The van der Waals surface area contributed by atoms with E-state index in [0.717, 1.165) is 16.2 Å². The number of rotatable bonds is 5. The van der Waals surface area contributed by atoms with Gasteiger partial charge in [0, 0.05) is 17.5 Å². The molecule has 0 spiro atoms. The number of halogens is 1. The molecule has 1 N–H and O–H groups in total. The van der Waals surface area contributed by atoms with Gasteiger partial charge in [0.15, 0.2) is 0 Å². The predicted octanol–water partition coefficient (Wildman–Crippen LogP) is 3.53. The van der Waals surface area contributed by atoms with Crippen LogP contribution in [0, 0.1) is 12.7 Å². The van der Waals surface area contributed by atoms with Gasteiger partial charge in [-0.15, -0.1) is 0 Å². The number of nitrogens with zero attached hydrogens (tertiary/aromatic N) is 1. The fourth-order valence-corrected chi connectivity index (χ4v) is 2.67. The van der Waals surface area contributed by atoms with Crippen molar-refractivity contribution < 1.29 is 8.81 Å². The third kappa shape index (κ3) is 3.36. The number of nitrogens with one attached hydrogen (secondary N) is 1. The number of oxazole rings is 1. The minimum Gasteiger partial charge on any atom is -0.439 e. The highest BCUT2D eigenvalue weighted by Crippen LogP contribution is 2.31. The normalized spacial score (nSPS) is 14.8. The molecule has 0 saturated heterocycles. The van der Waals surface area contributed by atoms with Crippen LogP contribution in [0.4, 0.5) is 4.39 Å². The first kappa shape index (κ1) is 12.7. The number of hydrogen-bond acceptors (Lipinski definition) is 4. The Balaban J connectivity index is 1.77. The van der Waals surface area contributed by atoms with E-state index in [0.29, 0.717) is 17.8 Å². The largest absolute Gasteiger partial charge is 0.439 e. The van der Waals surface area contributed by atoms with E-state index in [1.807, 2.05) is 6.92 Å². The molecule has 3 rings (SSSR count). The van der Waals surface area contributed by atoms with Crippen LogP contribution >= 0.6 is 11.8 Å². The van der Waals surface area contributed by atoms with Crippen molar-refractivity contribution >= 4 is 11.8 Å². The highest BCUT2D eigenvalue weighted by molar-refractivity contribution is 7.99. The molecule has 1 aromatic heterocycles. The molecular weight excluding hydrogens is 263 g/mol. The van der Waals surface area contributed by atoms with E-state index in [-0.39, 0.29) is 5.82 Å². The summed E-state index contributed by atoms with van der Waals surface area (Å²) < 4.78 is 18.7. The van der Waals surface area contributed by atoms with Crippen LogP contribution in [0.3, 0.4) is 0 Å². The summed E-state index contributed by atoms with van der Waals surface area (Å²) in [5, 5.41) is 3.99. The molecule has 1 aliphatic carbocycles. The minimum absolute atomic E-state index is 0.208. The van der Waals surface area contributed by atoms with Crippen molar-refractivity contribution in [2.75, 3.05) is 0 Å². The molecule has 0 amide bonds. The summed E-state index contributed by atoms with van der Waals surface area (Å²) >= 11 is 1.43. The van der Waals surface area contributed by atoms with Crippen LogP contribution in [0.2, 0.25) is 0 Å². The molecule has 1 aromatic carbocycles. The van der Waals surface area contributed by atoms with Crippen molar-refractivity contribution in [1.29, 1.82) is 0 Å². The van der Waals surface area contributed by atoms with Gasteiger partial charge in [-0.25, -0.2) is 9.37 Å². The lowest BCUT2D eigenvalue weighted by molar-refractivity contribution is 0.454. The van der Waals surface area contributed by atoms with Crippen LogP contribution < -0.4 is 5.32 Å². The lowest BCUT2D eigenvalue weighted by atomic mass is 10.2. The maximum absolute atomic E-state index is 13.4. The summed E-state index contributed by atoms with van der Waals surface area (Å²) in [4.78, 5) is 5.24. The average Bonchev–Trinajstić information content (AvgIpc) is 3.13. The Morgan fingerprint density at radius 2 is 2.32 bits per heavy atom. The van der Waals surface area contributed by atoms with E-state index in [2.05, 4.69) is 10.3 Å². The van der Waals surface area contributed by atoms with Crippen LogP contribution in [-0.2, 0) is 6.54 Å². The molecular formula is C14H15FN2OS. The van der Waals surface area contributed by atoms with Crippen molar-refractivity contribution in [3.05, 3.63) is 41.5 Å². The van der Waals surface area contributed by atoms with Crippen LogP contribution in [-0.4, -0.2) is 11.0 Å². The lowest BCUT2D eigenvalue weighted by Gasteiger charge is -2.08. The molecule has 0 radical (unpaired) electrons. The fraction of sp³-hybridized carbons (Fsp3) is 0.357. The Kier molecular flexibility index (Phi) is 3.57. The molecule has 3 nitrogen and oxygen atoms in total. The Morgan fingerprint density at radius 1 is 1.47 bits per heavy atom. The van der Waals surface area contributed by atoms with Gasteiger partial charge in [0.2, 0.25) is 0 Å². The van der Waals surface area contributed by atoms with Gasteiger partial charge in [0.05, 0.1) is 5.69 Å². The Bertz CT molecular complexity index is 581. The fourth-order valence-electron chi connectivity index (χ4n) is 1.80. The first-order valence-corrected chi connectivity index (χ1v) is 7.14. The average molecular weight is 278 g/mol. The second-order valence-electron chi connectivity index (χ2n) is 4.76. The summed E-state index contributed by atoms with van der Waals surface area (Å²) in [6, 6.07) is 5.43.